The lowest BCUT2D eigenvalue weighted by Gasteiger charge is -2.31. The number of fused-ring (bicyclic) bond motifs is 4. The molecule has 0 bridgehead atoms. The van der Waals surface area contributed by atoms with E-state index in [4.69, 9.17) is 4.74 Å². The number of carbonyl (C=O) groups is 4. The van der Waals surface area contributed by atoms with Crippen molar-refractivity contribution in [1.29, 1.82) is 0 Å². The second-order valence-corrected chi connectivity index (χ2v) is 39.7. The molecule has 8 saturated heterocycles. The van der Waals surface area contributed by atoms with Crippen LogP contribution in [0.4, 0.5) is 47.7 Å². The Morgan fingerprint density at radius 3 is 0.869 bits per heavy atom. The maximum atomic E-state index is 14.9. The summed E-state index contributed by atoms with van der Waals surface area (Å²) in [5, 5.41) is 43.1. The van der Waals surface area contributed by atoms with Gasteiger partial charge >= 0.3 is 0 Å². The molecule has 19 heterocycles. The van der Waals surface area contributed by atoms with E-state index in [1.807, 2.05) is 131 Å². The van der Waals surface area contributed by atoms with Crippen molar-refractivity contribution < 1.29 is 37.1 Å². The normalized spacial score (nSPS) is 17.0. The Morgan fingerprint density at radius 1 is 0.310 bits per heavy atom. The van der Waals surface area contributed by atoms with Gasteiger partial charge in [-0.1, -0.05) is 56.9 Å². The molecule has 0 atom stereocenters. The van der Waals surface area contributed by atoms with Crippen LogP contribution in [-0.2, 0) is 30.9 Å². The first kappa shape index (κ1) is 98.1. The quantitative estimate of drug-likeness (QED) is 0.0295. The van der Waals surface area contributed by atoms with Crippen molar-refractivity contribution >= 4 is 102 Å². The van der Waals surface area contributed by atoms with E-state index in [-0.39, 0.29) is 29.0 Å². The molecule has 0 radical (unpaired) electrons. The van der Waals surface area contributed by atoms with Crippen LogP contribution >= 0.6 is 0 Å². The number of aromatic amines is 4. The lowest BCUT2D eigenvalue weighted by molar-refractivity contribution is 0.0694. The Bertz CT molecular complexity index is 7040. The number of aromatic nitrogens is 15. The molecular formula is C111H125F3N26O5. The zero-order valence-corrected chi connectivity index (χ0v) is 82.2. The van der Waals surface area contributed by atoms with Crippen LogP contribution in [-0.4, -0.2) is 230 Å². The maximum Gasteiger partial charge on any atom is 0.276 e. The number of H-pyrrole nitrogens is 4. The van der Waals surface area contributed by atoms with E-state index in [9.17, 15) is 32.3 Å². The number of halogens is 3. The molecule has 15 aromatic rings. The molecule has 0 unspecified atom stereocenters. The van der Waals surface area contributed by atoms with Crippen molar-refractivity contribution in [3.05, 3.63) is 246 Å². The fraction of sp³-hybridized carbons (Fsp3) is 0.396. The number of nitrogens with zero attached hydrogens (tertiary/aromatic N) is 18. The summed E-state index contributed by atoms with van der Waals surface area (Å²) in [5.74, 6) is -1.04. The van der Waals surface area contributed by atoms with Crippen LogP contribution in [0.3, 0.4) is 0 Å². The molecule has 8 fully saturated rings. The Morgan fingerprint density at radius 2 is 0.579 bits per heavy atom. The molecule has 4 aromatic carbocycles. The van der Waals surface area contributed by atoms with E-state index in [0.29, 0.717) is 75.5 Å². The minimum atomic E-state index is -0.439. The number of amides is 4. The third-order valence-electron chi connectivity index (χ3n) is 29.0. The molecule has 750 valence electrons. The molecule has 31 nitrogen and oxygen atoms in total. The van der Waals surface area contributed by atoms with E-state index < -0.39 is 35.2 Å². The lowest BCUT2D eigenvalue weighted by Crippen LogP contribution is -2.39. The SMILES string of the molecule is CC1CCN(c2ncc(NC(=O)c3n[nH]c4ccc(-c5cncc(CN6CCCCC6)c5)cc34)cc2F)CC1.O=C(NC1CCOCC1)c1n[nH]c2ccc(-c3cncc(CN4CCCCC4)c3)cc12.O=C(Nc1cnc(N2CCCC2)c(F)c1)c1n[nH]c2ccc(-c3cncc(CN4CCCCC4)c3)cc12.O=C(Nc1cnc(N2CCCCC2)c(F)c1)c1n[nH]c2ccc(-c3cncc(CN4CCCCC4)c3)cc12. The molecule has 8 N–H and O–H groups in total. The number of carbonyl (C=O) groups excluding carboxylic acids is 4. The van der Waals surface area contributed by atoms with Crippen molar-refractivity contribution in [3.8, 4) is 44.5 Å². The number of pyridine rings is 7. The minimum Gasteiger partial charge on any atom is -0.381 e. The zero-order chi connectivity index (χ0) is 98.9. The van der Waals surface area contributed by atoms with Gasteiger partial charge in [-0.2, -0.15) is 20.4 Å². The molecule has 4 amide bonds. The van der Waals surface area contributed by atoms with E-state index in [2.05, 4.69) is 154 Å². The molecule has 0 aliphatic carbocycles. The van der Waals surface area contributed by atoms with Crippen LogP contribution in [0.2, 0.25) is 0 Å². The van der Waals surface area contributed by atoms with Gasteiger partial charge in [0.05, 0.1) is 57.7 Å². The van der Waals surface area contributed by atoms with Gasteiger partial charge in [-0.15, -0.1) is 0 Å². The topological polar surface area (TPSA) is 353 Å². The van der Waals surface area contributed by atoms with E-state index in [1.165, 1.54) is 136 Å². The summed E-state index contributed by atoms with van der Waals surface area (Å²) in [4.78, 5) is 98.9. The summed E-state index contributed by atoms with van der Waals surface area (Å²) >= 11 is 0. The highest BCUT2D eigenvalue weighted by Crippen LogP contribution is 2.36. The fourth-order valence-corrected chi connectivity index (χ4v) is 21.0. The fourth-order valence-electron chi connectivity index (χ4n) is 21.0. The van der Waals surface area contributed by atoms with Gasteiger partial charge in [0, 0.05) is 196 Å². The average Bonchev–Trinajstić information content (AvgIpc) is 1.64. The molecule has 23 rings (SSSR count). The van der Waals surface area contributed by atoms with Gasteiger partial charge < -0.3 is 40.7 Å². The first-order chi connectivity index (χ1) is 71.1. The Hall–Kier alpha value is -14.3. The number of anilines is 6. The Kier molecular flexibility index (Phi) is 31.5. The van der Waals surface area contributed by atoms with E-state index >= 15 is 0 Å². The second-order valence-electron chi connectivity index (χ2n) is 39.7. The van der Waals surface area contributed by atoms with Crippen molar-refractivity contribution in [1.82, 2.24) is 101 Å². The minimum absolute atomic E-state index is 0.132. The molecule has 8 aliphatic heterocycles. The number of likely N-dealkylation sites (tertiary alicyclic amines) is 4. The predicted octanol–water partition coefficient (Wildman–Crippen LogP) is 19.5. The molecule has 8 aliphatic rings. The van der Waals surface area contributed by atoms with Gasteiger partial charge in [-0.25, -0.2) is 28.1 Å². The number of piperidine rings is 6. The molecule has 145 heavy (non-hydrogen) atoms. The third-order valence-corrected chi connectivity index (χ3v) is 29.0. The van der Waals surface area contributed by atoms with Crippen molar-refractivity contribution in [2.45, 2.75) is 174 Å². The maximum absolute atomic E-state index is 14.9. The second kappa shape index (κ2) is 46.6. The van der Waals surface area contributed by atoms with Gasteiger partial charge in [0.2, 0.25) is 0 Å². The Balaban J connectivity index is 0.000000118. The standard InChI is InChI=1S/C30H34FN7O.C29H32FN7O.C28H30FN7O.C24H29N5O2/c1-20-7-11-38(12-8-20)29-26(31)15-24(18-33-29)34-30(39)28-25-14-22(5-6-27(25)35-36-28)23-13-21(16-32-17-23)19-37-9-3-2-4-10-37;30-25-15-23(18-32-28(25)37-11-5-2-6-12-37)33-29(38)27-24-14-21(7-8-26(24)34-35-27)22-13-20(16-31-17-22)19-36-9-3-1-4-10-36;29-24-14-22(17-31-27(24)36-10-4-5-11-36)32-28(37)26-23-13-20(6-7-25(23)33-34-26)21-12-19(15-30-16-21)18-35-8-2-1-3-9-35;30-24(26-20-6-10-31-11-7-20)23-21-13-18(4-5-22(21)27-28-23)19-12-17(14-25-15-19)16-29-8-2-1-3-9-29/h5-6,13-18,20H,2-4,7-12,19H2,1H3,(H,34,39)(H,35,36);7-8,13-18H,1-6,9-12,19H2,(H,33,38)(H,34,35);6-7,12-17H,1-5,8-11,18H2,(H,32,37)(H,33,34);4-5,12-15,20H,1-3,6-11,16H2,(H,26,30)(H,27,28). The van der Waals surface area contributed by atoms with Crippen LogP contribution in [0.25, 0.3) is 88.1 Å². The van der Waals surface area contributed by atoms with Gasteiger partial charge in [-0.3, -0.25) is 79.1 Å². The highest BCUT2D eigenvalue weighted by atomic mass is 19.1. The van der Waals surface area contributed by atoms with E-state index in [0.717, 1.165) is 248 Å². The number of hydrogen-bond donors (Lipinski definition) is 8. The third kappa shape index (κ3) is 24.5. The summed E-state index contributed by atoms with van der Waals surface area (Å²) < 4.78 is 49.8. The largest absolute Gasteiger partial charge is 0.381 e. The average molecular weight is 1960 g/mol. The Labute approximate surface area is 840 Å². The molecule has 34 heteroatoms. The monoisotopic (exact) mass is 1960 g/mol. The van der Waals surface area contributed by atoms with Crippen LogP contribution in [0, 0.1) is 23.4 Å². The first-order valence-electron chi connectivity index (χ1n) is 51.7. The summed E-state index contributed by atoms with van der Waals surface area (Å²) in [7, 11) is 0. The molecule has 0 spiro atoms. The summed E-state index contributed by atoms with van der Waals surface area (Å²) in [6.07, 6.45) is 44.0. The van der Waals surface area contributed by atoms with Gasteiger partial charge in [-0.05, 0) is 285 Å². The van der Waals surface area contributed by atoms with E-state index in [1.54, 1.807) is 0 Å². The summed E-state index contributed by atoms with van der Waals surface area (Å²) in [6.45, 7) is 21.1. The molecular weight excluding hydrogens is 1830 g/mol. The lowest BCUT2D eigenvalue weighted by atomic mass is 9.99. The van der Waals surface area contributed by atoms with Crippen molar-refractivity contribution in [2.75, 3.05) is 135 Å². The highest BCUT2D eigenvalue weighted by Gasteiger charge is 2.29. The smallest absolute Gasteiger partial charge is 0.276 e. The first-order valence-corrected chi connectivity index (χ1v) is 51.7. The van der Waals surface area contributed by atoms with Crippen LogP contribution < -0.4 is 36.0 Å². The number of rotatable bonds is 23. The van der Waals surface area contributed by atoms with Gasteiger partial charge in [0.15, 0.2) is 57.7 Å². The van der Waals surface area contributed by atoms with Crippen LogP contribution in [0.15, 0.2) is 183 Å². The molecule has 0 saturated carbocycles. The van der Waals surface area contributed by atoms with Crippen LogP contribution in [0.1, 0.15) is 206 Å². The van der Waals surface area contributed by atoms with Crippen molar-refractivity contribution in [2.24, 2.45) is 5.92 Å². The van der Waals surface area contributed by atoms with Crippen LogP contribution in [0.5, 0.6) is 0 Å². The molecule has 11 aromatic heterocycles. The van der Waals surface area contributed by atoms with Gasteiger partial charge in [0.1, 0.15) is 0 Å². The summed E-state index contributed by atoms with van der Waals surface area (Å²) in [6, 6.07) is 36.5. The zero-order valence-electron chi connectivity index (χ0n) is 82.2. The predicted molar refractivity (Wildman–Crippen MR) is 560 cm³/mol. The number of ether oxygens (including phenoxy) is 1. The summed E-state index contributed by atoms with van der Waals surface area (Å²) in [5.41, 5.74) is 17.9. The van der Waals surface area contributed by atoms with Crippen molar-refractivity contribution in [3.63, 3.8) is 0 Å². The van der Waals surface area contributed by atoms with Gasteiger partial charge in [0.25, 0.3) is 23.6 Å². The number of hydrogen-bond acceptors (Lipinski definition) is 23. The number of benzene rings is 4. The number of nitrogens with one attached hydrogen (secondary N) is 8. The highest BCUT2D eigenvalue weighted by molar-refractivity contribution is 6.14.